The van der Waals surface area contributed by atoms with E-state index in [9.17, 15) is 4.79 Å². The lowest BCUT2D eigenvalue weighted by atomic mass is 9.96. The van der Waals surface area contributed by atoms with Crippen molar-refractivity contribution in [2.24, 2.45) is 0 Å². The molecule has 5 nitrogen and oxygen atoms in total. The maximum atomic E-state index is 12.8. The average molecular weight is 375 g/mol. The quantitative estimate of drug-likeness (QED) is 0.637. The van der Waals surface area contributed by atoms with E-state index in [1.165, 1.54) is 16.3 Å². The molecule has 1 aliphatic rings. The van der Waals surface area contributed by atoms with Gasteiger partial charge in [-0.3, -0.25) is 4.79 Å². The van der Waals surface area contributed by atoms with Gasteiger partial charge in [-0.15, -0.1) is 0 Å². The Kier molecular flexibility index (Phi) is 5.28. The molecule has 0 radical (unpaired) electrons. The Morgan fingerprint density at radius 2 is 1.79 bits per heavy atom. The van der Waals surface area contributed by atoms with E-state index in [1.54, 1.807) is 7.11 Å². The third kappa shape index (κ3) is 3.72. The van der Waals surface area contributed by atoms with Crippen molar-refractivity contribution in [1.29, 1.82) is 0 Å². The van der Waals surface area contributed by atoms with Crippen LogP contribution in [0.4, 0.5) is 0 Å². The summed E-state index contributed by atoms with van der Waals surface area (Å²) in [5.41, 5.74) is 8.72. The minimum Gasteiger partial charge on any atom is -0.497 e. The summed E-state index contributed by atoms with van der Waals surface area (Å²) in [6, 6.07) is 22.2. The summed E-state index contributed by atoms with van der Waals surface area (Å²) in [5, 5.41) is 5.53. The van der Waals surface area contributed by atoms with E-state index in [2.05, 4.69) is 52.6 Å². The molecule has 144 valence electrons. The molecule has 3 atom stereocenters. The molecule has 0 spiro atoms. The van der Waals surface area contributed by atoms with Crippen LogP contribution in [0.15, 0.2) is 66.7 Å². The first-order valence-electron chi connectivity index (χ1n) is 9.59. The van der Waals surface area contributed by atoms with Gasteiger partial charge in [0.15, 0.2) is 0 Å². The van der Waals surface area contributed by atoms with Gasteiger partial charge in [-0.05, 0) is 47.4 Å². The van der Waals surface area contributed by atoms with Gasteiger partial charge in [0.05, 0.1) is 13.2 Å². The van der Waals surface area contributed by atoms with Crippen LogP contribution < -0.4 is 20.9 Å². The fourth-order valence-electron chi connectivity index (χ4n) is 3.78. The first-order chi connectivity index (χ1) is 13.7. The number of carbonyl (C=O) groups excluding carboxylic acids is 1. The number of hydrogen-bond donors (Lipinski definition) is 3. The summed E-state index contributed by atoms with van der Waals surface area (Å²) in [4.78, 5) is 12.8. The van der Waals surface area contributed by atoms with Crippen molar-refractivity contribution in [2.75, 3.05) is 7.11 Å². The maximum absolute atomic E-state index is 12.8. The van der Waals surface area contributed by atoms with Crippen molar-refractivity contribution in [3.63, 3.8) is 0 Å². The second kappa shape index (κ2) is 8.00. The number of methoxy groups -OCH3 is 1. The summed E-state index contributed by atoms with van der Waals surface area (Å²) in [7, 11) is 1.64. The molecular formula is C23H25N3O2. The Hall–Kier alpha value is -2.89. The van der Waals surface area contributed by atoms with Crippen molar-refractivity contribution < 1.29 is 9.53 Å². The number of hydrogen-bond acceptors (Lipinski definition) is 4. The number of ether oxygens (including phenoxy) is 1. The lowest BCUT2D eigenvalue weighted by Crippen LogP contribution is -2.43. The SMILES string of the molecule is COc1ccc(C(C)NC(=O)C2CC(c3cccc4ccccc34)NN2)cc1. The lowest BCUT2D eigenvalue weighted by Gasteiger charge is -2.17. The van der Waals surface area contributed by atoms with Gasteiger partial charge in [0.25, 0.3) is 0 Å². The molecule has 4 rings (SSSR count). The lowest BCUT2D eigenvalue weighted by molar-refractivity contribution is -0.123. The topological polar surface area (TPSA) is 62.4 Å². The van der Waals surface area contributed by atoms with Crippen LogP contribution >= 0.6 is 0 Å². The number of benzene rings is 3. The zero-order chi connectivity index (χ0) is 19.5. The number of amides is 1. The van der Waals surface area contributed by atoms with Crippen LogP contribution in [0.3, 0.4) is 0 Å². The van der Waals surface area contributed by atoms with Gasteiger partial charge < -0.3 is 10.1 Å². The first kappa shape index (κ1) is 18.5. The summed E-state index contributed by atoms with van der Waals surface area (Å²) in [5.74, 6) is 0.806. The van der Waals surface area contributed by atoms with E-state index in [-0.39, 0.29) is 24.0 Å². The van der Waals surface area contributed by atoms with Crippen molar-refractivity contribution in [3.05, 3.63) is 77.9 Å². The number of fused-ring (bicyclic) bond motifs is 1. The molecular weight excluding hydrogens is 350 g/mol. The fourth-order valence-corrected chi connectivity index (χ4v) is 3.78. The largest absolute Gasteiger partial charge is 0.497 e. The summed E-state index contributed by atoms with van der Waals surface area (Å²) >= 11 is 0. The zero-order valence-electron chi connectivity index (χ0n) is 16.1. The Morgan fingerprint density at radius 1 is 1.04 bits per heavy atom. The van der Waals surface area contributed by atoms with Gasteiger partial charge in [-0.25, -0.2) is 10.9 Å². The highest BCUT2D eigenvalue weighted by Crippen LogP contribution is 2.29. The van der Waals surface area contributed by atoms with Gasteiger partial charge in [0.2, 0.25) is 5.91 Å². The third-order valence-corrected chi connectivity index (χ3v) is 5.39. The molecule has 0 aromatic heterocycles. The monoisotopic (exact) mass is 375 g/mol. The Morgan fingerprint density at radius 3 is 2.57 bits per heavy atom. The Bertz CT molecular complexity index is 966. The molecule has 1 amide bonds. The smallest absolute Gasteiger partial charge is 0.239 e. The zero-order valence-corrected chi connectivity index (χ0v) is 16.1. The van der Waals surface area contributed by atoms with Crippen molar-refractivity contribution in [3.8, 4) is 5.75 Å². The number of nitrogens with one attached hydrogen (secondary N) is 3. The van der Waals surface area contributed by atoms with Crippen molar-refractivity contribution >= 4 is 16.7 Å². The van der Waals surface area contributed by atoms with Crippen LogP contribution in [0.5, 0.6) is 5.75 Å². The van der Waals surface area contributed by atoms with Gasteiger partial charge in [0, 0.05) is 6.04 Å². The van der Waals surface area contributed by atoms with E-state index in [1.807, 2.05) is 37.3 Å². The van der Waals surface area contributed by atoms with Crippen LogP contribution in [0.2, 0.25) is 0 Å². The molecule has 0 aliphatic carbocycles. The second-order valence-electron chi connectivity index (χ2n) is 7.20. The third-order valence-electron chi connectivity index (χ3n) is 5.39. The van der Waals surface area contributed by atoms with Crippen molar-refractivity contribution in [1.82, 2.24) is 16.2 Å². The first-order valence-corrected chi connectivity index (χ1v) is 9.59. The average Bonchev–Trinajstić information content (AvgIpc) is 3.23. The van der Waals surface area contributed by atoms with Gasteiger partial charge in [0.1, 0.15) is 11.8 Å². The highest BCUT2D eigenvalue weighted by Gasteiger charge is 2.31. The van der Waals surface area contributed by atoms with Gasteiger partial charge >= 0.3 is 0 Å². The van der Waals surface area contributed by atoms with E-state index >= 15 is 0 Å². The minimum absolute atomic E-state index is 0.00134. The fraction of sp³-hybridized carbons (Fsp3) is 0.261. The van der Waals surface area contributed by atoms with Crippen LogP contribution in [-0.2, 0) is 4.79 Å². The molecule has 0 saturated carbocycles. The molecule has 3 aromatic rings. The molecule has 5 heteroatoms. The van der Waals surface area contributed by atoms with E-state index in [0.717, 1.165) is 11.3 Å². The van der Waals surface area contributed by atoms with Crippen LogP contribution in [0.1, 0.15) is 36.6 Å². The number of hydrazine groups is 1. The normalized spacial score (nSPS) is 20.1. The highest BCUT2D eigenvalue weighted by atomic mass is 16.5. The van der Waals surface area contributed by atoms with Crippen LogP contribution in [0, 0.1) is 0 Å². The Labute approximate surface area is 165 Å². The molecule has 1 heterocycles. The summed E-state index contributed by atoms with van der Waals surface area (Å²) < 4.78 is 5.19. The molecule has 1 saturated heterocycles. The molecule has 3 unspecified atom stereocenters. The minimum atomic E-state index is -0.273. The molecule has 3 aromatic carbocycles. The van der Waals surface area contributed by atoms with Crippen LogP contribution in [-0.4, -0.2) is 19.1 Å². The highest BCUT2D eigenvalue weighted by molar-refractivity contribution is 5.87. The standard InChI is InChI=1S/C23H25N3O2/c1-15(16-10-12-18(28-2)13-11-16)24-23(27)22-14-21(25-26-22)20-9-5-7-17-6-3-4-8-19(17)20/h3-13,15,21-22,25-26H,14H2,1-2H3,(H,24,27). The summed E-state index contributed by atoms with van der Waals surface area (Å²) in [6.45, 7) is 1.99. The molecule has 0 bridgehead atoms. The van der Waals surface area contributed by atoms with E-state index in [0.29, 0.717) is 6.42 Å². The molecule has 1 fully saturated rings. The second-order valence-corrected chi connectivity index (χ2v) is 7.20. The molecule has 1 aliphatic heterocycles. The van der Waals surface area contributed by atoms with E-state index in [4.69, 9.17) is 4.74 Å². The summed E-state index contributed by atoms with van der Waals surface area (Å²) in [6.07, 6.45) is 0.704. The predicted octanol–water partition coefficient (Wildman–Crippen LogP) is 3.63. The maximum Gasteiger partial charge on any atom is 0.239 e. The van der Waals surface area contributed by atoms with E-state index < -0.39 is 0 Å². The number of carbonyl (C=O) groups is 1. The Balaban J connectivity index is 1.42. The number of rotatable bonds is 5. The van der Waals surface area contributed by atoms with Gasteiger partial charge in [-0.1, -0.05) is 54.6 Å². The molecule has 28 heavy (non-hydrogen) atoms. The van der Waals surface area contributed by atoms with Crippen molar-refractivity contribution in [2.45, 2.75) is 31.5 Å². The van der Waals surface area contributed by atoms with Crippen LogP contribution in [0.25, 0.3) is 10.8 Å². The van der Waals surface area contributed by atoms with Gasteiger partial charge in [-0.2, -0.15) is 0 Å². The predicted molar refractivity (Wildman–Crippen MR) is 111 cm³/mol. The molecule has 3 N–H and O–H groups in total.